The highest BCUT2D eigenvalue weighted by atomic mass is 32.2. The average Bonchev–Trinajstić information content (AvgIpc) is 2.46. The Labute approximate surface area is 100 Å². The van der Waals surface area contributed by atoms with Gasteiger partial charge in [-0.05, 0) is 13.8 Å². The number of fused-ring (bicyclic) bond motifs is 1. The minimum atomic E-state index is -2.19. The summed E-state index contributed by atoms with van der Waals surface area (Å²) < 4.78 is -0.802. The van der Waals surface area contributed by atoms with Crippen LogP contribution in [-0.4, -0.2) is 48.6 Å². The Bertz CT molecular complexity index is 439. The summed E-state index contributed by atoms with van der Waals surface area (Å²) in [7, 11) is 0. The molecule has 2 saturated heterocycles. The second-order valence-electron chi connectivity index (χ2n) is 4.61. The van der Waals surface area contributed by atoms with Gasteiger partial charge in [-0.15, -0.1) is 11.8 Å². The van der Waals surface area contributed by atoms with E-state index in [4.69, 9.17) is 10.8 Å². The first-order chi connectivity index (χ1) is 7.64. The summed E-state index contributed by atoms with van der Waals surface area (Å²) in [5.74, 6) is -2.11. The molecule has 2 heterocycles. The molecule has 0 radical (unpaired) electrons. The lowest BCUT2D eigenvalue weighted by atomic mass is 9.93. The third-order valence-corrected chi connectivity index (χ3v) is 4.73. The predicted octanol–water partition coefficient (Wildman–Crippen LogP) is -0.935. The van der Waals surface area contributed by atoms with Crippen molar-refractivity contribution in [2.75, 3.05) is 0 Å². The lowest BCUT2D eigenvalue weighted by Crippen LogP contribution is -2.80. The number of carbonyl (C=O) groups is 2. The first kappa shape index (κ1) is 12.1. The number of rotatable bonds is 2. The Morgan fingerprint density at radius 2 is 2.18 bits per heavy atom. The molecule has 3 N–H and O–H groups in total. The van der Waals surface area contributed by atoms with E-state index in [1.54, 1.807) is 13.8 Å². The molecule has 0 bridgehead atoms. The number of nitro groups is 1. The number of β-lactam (4-membered cyclic amide) rings is 1. The fraction of sp³-hybridized carbons (Fsp3) is 0.750. The lowest BCUT2D eigenvalue weighted by molar-refractivity contribution is -0.567. The zero-order valence-corrected chi connectivity index (χ0v) is 9.93. The first-order valence-corrected chi connectivity index (χ1v) is 5.68. The van der Waals surface area contributed by atoms with Gasteiger partial charge in [-0.2, -0.15) is 0 Å². The smallest absolute Gasteiger partial charge is 0.380 e. The van der Waals surface area contributed by atoms with Crippen molar-refractivity contribution >= 4 is 23.6 Å². The van der Waals surface area contributed by atoms with Gasteiger partial charge in [0.05, 0.1) is 4.92 Å². The highest BCUT2D eigenvalue weighted by Gasteiger charge is 2.77. The molecule has 0 aromatic carbocycles. The van der Waals surface area contributed by atoms with E-state index in [9.17, 15) is 19.7 Å². The van der Waals surface area contributed by atoms with Crippen LogP contribution in [0.1, 0.15) is 13.8 Å². The van der Waals surface area contributed by atoms with E-state index in [-0.39, 0.29) is 0 Å². The lowest BCUT2D eigenvalue weighted by Gasteiger charge is -2.43. The zero-order chi connectivity index (χ0) is 13.2. The molecule has 17 heavy (non-hydrogen) atoms. The predicted molar refractivity (Wildman–Crippen MR) is 57.6 cm³/mol. The molecular weight excluding hydrogens is 250 g/mol. The van der Waals surface area contributed by atoms with Crippen molar-refractivity contribution in [3.63, 3.8) is 0 Å². The van der Waals surface area contributed by atoms with Gasteiger partial charge in [0.1, 0.15) is 6.04 Å². The van der Waals surface area contributed by atoms with Gasteiger partial charge in [0.25, 0.3) is 0 Å². The maximum Gasteiger partial charge on any atom is 0.380 e. The van der Waals surface area contributed by atoms with Crippen molar-refractivity contribution in [3.05, 3.63) is 10.1 Å². The van der Waals surface area contributed by atoms with Gasteiger partial charge in [-0.1, -0.05) is 0 Å². The SMILES string of the molecule is CC1(C)S[C@H]2N(C(=O)[C@@]2(N)[N+](=O)[O-])[C@H]1C(=O)O. The van der Waals surface area contributed by atoms with Gasteiger partial charge in [0.2, 0.25) is 0 Å². The molecule has 0 spiro atoms. The second-order valence-corrected chi connectivity index (χ2v) is 6.34. The van der Waals surface area contributed by atoms with Gasteiger partial charge >= 0.3 is 17.5 Å². The van der Waals surface area contributed by atoms with Crippen molar-refractivity contribution < 1.29 is 19.6 Å². The summed E-state index contributed by atoms with van der Waals surface area (Å²) in [4.78, 5) is 33.8. The topological polar surface area (TPSA) is 127 Å². The minimum Gasteiger partial charge on any atom is -0.480 e. The van der Waals surface area contributed by atoms with E-state index in [2.05, 4.69) is 0 Å². The van der Waals surface area contributed by atoms with E-state index < -0.39 is 38.6 Å². The van der Waals surface area contributed by atoms with Crippen LogP contribution in [0.4, 0.5) is 0 Å². The summed E-state index contributed by atoms with van der Waals surface area (Å²) in [5, 5.41) is 19.0. The third-order valence-electron chi connectivity index (χ3n) is 3.09. The Morgan fingerprint density at radius 3 is 2.59 bits per heavy atom. The summed E-state index contributed by atoms with van der Waals surface area (Å²) in [6, 6.07) is -1.08. The number of nitrogens with two attached hydrogens (primary N) is 1. The summed E-state index contributed by atoms with van der Waals surface area (Å²) in [6.07, 6.45) is 0. The number of carboxylic acid groups (broad SMARTS) is 1. The van der Waals surface area contributed by atoms with Gasteiger partial charge in [0, 0.05) is 4.75 Å². The van der Waals surface area contributed by atoms with Gasteiger partial charge in [0.15, 0.2) is 5.37 Å². The van der Waals surface area contributed by atoms with E-state index in [1.165, 1.54) is 0 Å². The van der Waals surface area contributed by atoms with Crippen molar-refractivity contribution in [2.24, 2.45) is 5.73 Å². The fourth-order valence-corrected chi connectivity index (χ4v) is 3.85. The quantitative estimate of drug-likeness (QED) is 0.284. The van der Waals surface area contributed by atoms with Crippen molar-refractivity contribution in [2.45, 2.75) is 35.7 Å². The number of nitrogens with zero attached hydrogens (tertiary/aromatic N) is 2. The van der Waals surface area contributed by atoms with Crippen LogP contribution in [0.25, 0.3) is 0 Å². The highest BCUT2D eigenvalue weighted by molar-refractivity contribution is 8.01. The van der Waals surface area contributed by atoms with E-state index in [0.717, 1.165) is 16.7 Å². The maximum atomic E-state index is 11.7. The summed E-state index contributed by atoms with van der Waals surface area (Å²) in [6.45, 7) is 3.25. The number of thioether (sulfide) groups is 1. The van der Waals surface area contributed by atoms with Crippen LogP contribution in [0.3, 0.4) is 0 Å². The molecule has 2 fully saturated rings. The molecule has 0 aromatic heterocycles. The summed E-state index contributed by atoms with van der Waals surface area (Å²) in [5.41, 5.74) is 3.27. The Hall–Kier alpha value is -1.35. The Balaban J connectivity index is 2.41. The molecule has 1 amide bonds. The monoisotopic (exact) mass is 261 g/mol. The van der Waals surface area contributed by atoms with Crippen molar-refractivity contribution in [1.29, 1.82) is 0 Å². The van der Waals surface area contributed by atoms with Crippen LogP contribution >= 0.6 is 11.8 Å². The zero-order valence-electron chi connectivity index (χ0n) is 9.11. The standard InChI is InChI=1S/C8H11N3O5S/c1-7(2)3(4(12)13)10-5(14)8(9,11(15)16)6(10)17-7/h3,6H,9H2,1-2H3,(H,12,13)/t3-,6+,8+/m0/s1. The minimum absolute atomic E-state index is 0.802. The normalized spacial score (nSPS) is 38.5. The number of carbonyl (C=O) groups excluding carboxylic acids is 1. The first-order valence-electron chi connectivity index (χ1n) is 4.81. The molecule has 9 heteroatoms. The summed E-state index contributed by atoms with van der Waals surface area (Å²) >= 11 is 1.05. The van der Waals surface area contributed by atoms with Gasteiger partial charge < -0.3 is 5.11 Å². The number of carboxylic acids is 1. The van der Waals surface area contributed by atoms with Crippen LogP contribution in [0.15, 0.2) is 0 Å². The molecule has 2 rings (SSSR count). The molecule has 8 nitrogen and oxygen atoms in total. The van der Waals surface area contributed by atoms with Crippen LogP contribution in [0, 0.1) is 10.1 Å². The molecular formula is C8H11N3O5S. The van der Waals surface area contributed by atoms with Crippen LogP contribution < -0.4 is 5.73 Å². The number of amides is 1. The van der Waals surface area contributed by atoms with Gasteiger partial charge in [-0.3, -0.25) is 25.5 Å². The number of aliphatic carboxylic acids is 1. The van der Waals surface area contributed by atoms with E-state index in [0.29, 0.717) is 0 Å². The van der Waals surface area contributed by atoms with Crippen molar-refractivity contribution in [3.8, 4) is 0 Å². The molecule has 2 aliphatic rings. The van der Waals surface area contributed by atoms with Gasteiger partial charge in [-0.25, -0.2) is 4.79 Å². The van der Waals surface area contributed by atoms with E-state index >= 15 is 0 Å². The third kappa shape index (κ3) is 1.23. The average molecular weight is 261 g/mol. The van der Waals surface area contributed by atoms with Crippen LogP contribution in [0.5, 0.6) is 0 Å². The van der Waals surface area contributed by atoms with Crippen molar-refractivity contribution in [1.82, 2.24) is 4.90 Å². The molecule has 94 valence electrons. The molecule has 0 saturated carbocycles. The maximum absolute atomic E-state index is 11.7. The Kier molecular flexibility index (Phi) is 2.21. The van der Waals surface area contributed by atoms with Crippen LogP contribution in [0.2, 0.25) is 0 Å². The Morgan fingerprint density at radius 1 is 1.65 bits per heavy atom. The molecule has 0 aromatic rings. The second kappa shape index (κ2) is 3.10. The number of hydrogen-bond acceptors (Lipinski definition) is 6. The molecule has 0 unspecified atom stereocenters. The van der Waals surface area contributed by atoms with E-state index in [1.807, 2.05) is 0 Å². The molecule has 2 aliphatic heterocycles. The molecule has 0 aliphatic carbocycles. The molecule has 3 atom stereocenters. The van der Waals surface area contributed by atoms with Crippen LogP contribution in [-0.2, 0) is 9.59 Å². The fourth-order valence-electron chi connectivity index (χ4n) is 2.24. The largest absolute Gasteiger partial charge is 0.480 e. The number of hydrogen-bond donors (Lipinski definition) is 2. The highest BCUT2D eigenvalue weighted by Crippen LogP contribution is 2.53.